The van der Waals surface area contributed by atoms with Gasteiger partial charge in [0.1, 0.15) is 0 Å². The van der Waals surface area contributed by atoms with Crippen LogP contribution in [0.3, 0.4) is 0 Å². The Hall–Kier alpha value is -0.0800. The molecule has 2 nitrogen and oxygen atoms in total. The van der Waals surface area contributed by atoms with Crippen LogP contribution in [0.25, 0.3) is 0 Å². The highest BCUT2D eigenvalue weighted by atomic mass is 16.5. The fourth-order valence-electron chi connectivity index (χ4n) is 1.70. The first-order chi connectivity index (χ1) is 4.61. The molecule has 1 saturated carbocycles. The lowest BCUT2D eigenvalue weighted by molar-refractivity contribution is -0.868. The summed E-state index contributed by atoms with van der Waals surface area (Å²) >= 11 is 0. The molecule has 60 valence electrons. The van der Waals surface area contributed by atoms with Crippen molar-refractivity contribution in [3.63, 3.8) is 0 Å². The van der Waals surface area contributed by atoms with E-state index in [1.807, 2.05) is 0 Å². The Morgan fingerprint density at radius 3 is 1.90 bits per heavy atom. The molecule has 0 radical (unpaired) electrons. The van der Waals surface area contributed by atoms with Gasteiger partial charge in [-0.3, -0.25) is 0 Å². The molecule has 0 unspecified atom stereocenters. The van der Waals surface area contributed by atoms with Gasteiger partial charge in [-0.1, -0.05) is 6.42 Å². The lowest BCUT2D eigenvalue weighted by atomic mass is 9.94. The quantitative estimate of drug-likeness (QED) is 0.406. The van der Waals surface area contributed by atoms with Crippen LogP contribution in [0.15, 0.2) is 0 Å². The topological polar surface area (TPSA) is 23.1 Å². The molecule has 0 bridgehead atoms. The molecule has 0 aromatic carbocycles. The van der Waals surface area contributed by atoms with Crippen LogP contribution in [0.2, 0.25) is 0 Å². The zero-order valence-corrected chi connectivity index (χ0v) is 6.97. The molecule has 0 heterocycles. The average molecular weight is 143 g/mol. The summed E-state index contributed by atoms with van der Waals surface area (Å²) in [6.45, 7) is 0. The van der Waals surface area contributed by atoms with Gasteiger partial charge in [0, 0.05) is 0 Å². The van der Waals surface area contributed by atoms with Gasteiger partial charge in [0.15, 0.2) is 0 Å². The van der Waals surface area contributed by atoms with Crippen LogP contribution in [-0.2, 0) is 0 Å². The van der Waals surface area contributed by atoms with Gasteiger partial charge >= 0.3 is 0 Å². The van der Waals surface area contributed by atoms with Crippen LogP contribution >= 0.6 is 0 Å². The first-order valence-electron chi connectivity index (χ1n) is 4.15. The molecule has 0 amide bonds. The molecule has 0 aliphatic heterocycles. The summed E-state index contributed by atoms with van der Waals surface area (Å²) in [4.78, 5) is 0. The summed E-state index contributed by atoms with van der Waals surface area (Å²) in [5, 5.41) is 11.4. The van der Waals surface area contributed by atoms with Gasteiger partial charge in [-0.05, 0) is 25.7 Å². The van der Waals surface area contributed by atoms with E-state index in [9.17, 15) is 5.21 Å². The summed E-state index contributed by atoms with van der Waals surface area (Å²) < 4.78 is -0.0833. The molecular formula is C8H17NO. The van der Waals surface area contributed by atoms with Crippen LogP contribution in [0.1, 0.15) is 32.1 Å². The smallest absolute Gasteiger partial charge is 0.0883 e. The molecule has 0 spiro atoms. The Morgan fingerprint density at radius 2 is 1.60 bits per heavy atom. The van der Waals surface area contributed by atoms with E-state index in [1.54, 1.807) is 14.1 Å². The minimum atomic E-state index is -0.0833. The Morgan fingerprint density at radius 1 is 1.10 bits per heavy atom. The average Bonchev–Trinajstić information content (AvgIpc) is 1.88. The zero-order chi connectivity index (χ0) is 7.61. The molecule has 10 heavy (non-hydrogen) atoms. The third-order valence-corrected chi connectivity index (χ3v) is 2.45. The van der Waals surface area contributed by atoms with Crippen molar-refractivity contribution in [3.05, 3.63) is 5.21 Å². The van der Waals surface area contributed by atoms with Gasteiger partial charge in [-0.15, -0.1) is 0 Å². The van der Waals surface area contributed by atoms with Crippen molar-refractivity contribution in [2.75, 3.05) is 14.1 Å². The van der Waals surface area contributed by atoms with Crippen molar-refractivity contribution in [2.24, 2.45) is 0 Å². The molecule has 0 saturated heterocycles. The lowest BCUT2D eigenvalue weighted by Gasteiger charge is -2.43. The van der Waals surface area contributed by atoms with Crippen molar-refractivity contribution in [1.29, 1.82) is 0 Å². The maximum absolute atomic E-state index is 11.4. The zero-order valence-electron chi connectivity index (χ0n) is 6.97. The second-order valence-corrected chi connectivity index (χ2v) is 3.73. The molecular weight excluding hydrogens is 126 g/mol. The van der Waals surface area contributed by atoms with Crippen molar-refractivity contribution >= 4 is 0 Å². The first kappa shape index (κ1) is 8.02. The standard InChI is InChI=1S/C8H17NO/c1-9(2,10)8-6-4-3-5-7-8/h8H,3-7H2,1-2H3. The van der Waals surface area contributed by atoms with Crippen molar-refractivity contribution in [3.8, 4) is 0 Å². The van der Waals surface area contributed by atoms with Crippen molar-refractivity contribution in [2.45, 2.75) is 38.1 Å². The molecule has 0 aromatic heterocycles. The Labute approximate surface area is 63.0 Å². The number of nitrogens with zero attached hydrogens (tertiary/aromatic N) is 1. The molecule has 0 atom stereocenters. The second kappa shape index (κ2) is 2.89. The maximum Gasteiger partial charge on any atom is 0.0883 e. The number of quaternary nitrogens is 1. The number of rotatable bonds is 1. The summed E-state index contributed by atoms with van der Waals surface area (Å²) in [5.41, 5.74) is 0. The third kappa shape index (κ3) is 1.96. The summed E-state index contributed by atoms with van der Waals surface area (Å²) in [6.07, 6.45) is 6.12. The third-order valence-electron chi connectivity index (χ3n) is 2.45. The van der Waals surface area contributed by atoms with Crippen molar-refractivity contribution in [1.82, 2.24) is 0 Å². The van der Waals surface area contributed by atoms with E-state index < -0.39 is 0 Å². The van der Waals surface area contributed by atoms with E-state index in [2.05, 4.69) is 0 Å². The van der Waals surface area contributed by atoms with E-state index in [0.29, 0.717) is 6.04 Å². The van der Waals surface area contributed by atoms with Crippen LogP contribution in [0.4, 0.5) is 0 Å². The fourth-order valence-corrected chi connectivity index (χ4v) is 1.70. The maximum atomic E-state index is 11.4. The highest BCUT2D eigenvalue weighted by molar-refractivity contribution is 4.65. The molecule has 1 rings (SSSR count). The van der Waals surface area contributed by atoms with Gasteiger partial charge in [0.05, 0.1) is 20.1 Å². The van der Waals surface area contributed by atoms with Crippen LogP contribution in [0, 0.1) is 5.21 Å². The highest BCUT2D eigenvalue weighted by Crippen LogP contribution is 2.24. The molecule has 1 fully saturated rings. The number of hydrogen-bond acceptors (Lipinski definition) is 1. The summed E-state index contributed by atoms with van der Waals surface area (Å²) in [5.74, 6) is 0. The molecule has 1 aliphatic carbocycles. The van der Waals surface area contributed by atoms with Crippen LogP contribution < -0.4 is 0 Å². The van der Waals surface area contributed by atoms with Crippen molar-refractivity contribution < 1.29 is 4.65 Å². The Kier molecular flexibility index (Phi) is 2.32. The van der Waals surface area contributed by atoms with Gasteiger partial charge in [-0.25, -0.2) is 0 Å². The predicted octanol–water partition coefficient (Wildman–Crippen LogP) is 1.89. The Bertz CT molecular complexity index is 100. The lowest BCUT2D eigenvalue weighted by Crippen LogP contribution is -2.44. The van der Waals surface area contributed by atoms with E-state index in [1.165, 1.54) is 19.3 Å². The number of hydrogen-bond donors (Lipinski definition) is 0. The molecule has 2 heteroatoms. The van der Waals surface area contributed by atoms with Gasteiger partial charge in [0.2, 0.25) is 0 Å². The SMILES string of the molecule is C[N+](C)([O-])C1CCCCC1. The molecule has 1 aliphatic rings. The second-order valence-electron chi connectivity index (χ2n) is 3.73. The Balaban J connectivity index is 2.39. The molecule has 0 aromatic rings. The van der Waals surface area contributed by atoms with Gasteiger partial charge in [-0.2, -0.15) is 0 Å². The van der Waals surface area contributed by atoms with E-state index in [-0.39, 0.29) is 4.65 Å². The monoisotopic (exact) mass is 143 g/mol. The predicted molar refractivity (Wildman–Crippen MR) is 42.3 cm³/mol. The fraction of sp³-hybridized carbons (Fsp3) is 1.00. The van der Waals surface area contributed by atoms with Crippen LogP contribution in [0.5, 0.6) is 0 Å². The minimum Gasteiger partial charge on any atom is -0.633 e. The van der Waals surface area contributed by atoms with Crippen LogP contribution in [-0.4, -0.2) is 24.8 Å². The number of hydroxylamine groups is 3. The minimum absolute atomic E-state index is 0.0833. The highest BCUT2D eigenvalue weighted by Gasteiger charge is 2.22. The van der Waals surface area contributed by atoms with E-state index >= 15 is 0 Å². The van der Waals surface area contributed by atoms with E-state index in [4.69, 9.17) is 0 Å². The van der Waals surface area contributed by atoms with Gasteiger partial charge < -0.3 is 9.85 Å². The normalized spacial score (nSPS) is 23.1. The molecule has 0 N–H and O–H groups in total. The summed E-state index contributed by atoms with van der Waals surface area (Å²) in [6, 6.07) is 0.383. The summed E-state index contributed by atoms with van der Waals surface area (Å²) in [7, 11) is 3.52. The van der Waals surface area contributed by atoms with E-state index in [0.717, 1.165) is 12.8 Å². The first-order valence-corrected chi connectivity index (χ1v) is 4.15. The van der Waals surface area contributed by atoms with Gasteiger partial charge in [0.25, 0.3) is 0 Å². The largest absolute Gasteiger partial charge is 0.633 e.